The molecule has 0 spiro atoms. The van der Waals surface area contributed by atoms with Crippen LogP contribution in [0.2, 0.25) is 0 Å². The molecule has 2 aromatic rings. The molecule has 5 heteroatoms. The van der Waals surface area contributed by atoms with Gasteiger partial charge in [0.1, 0.15) is 0 Å². The molecular weight excluding hydrogens is 314 g/mol. The van der Waals surface area contributed by atoms with Crippen molar-refractivity contribution in [2.45, 2.75) is 25.7 Å². The maximum Gasteiger partial charge on any atom is 0.254 e. The number of hydrogen-bond donors (Lipinski definition) is 0. The average Bonchev–Trinajstić information content (AvgIpc) is 2.62. The normalized spacial score (nSPS) is 15.9. The van der Waals surface area contributed by atoms with Crippen molar-refractivity contribution in [3.8, 4) is 0 Å². The van der Waals surface area contributed by atoms with E-state index in [1.165, 1.54) is 0 Å². The van der Waals surface area contributed by atoms with E-state index < -0.39 is 0 Å². The Morgan fingerprint density at radius 3 is 2.68 bits per heavy atom. The molecule has 0 atom stereocenters. The lowest BCUT2D eigenvalue weighted by Crippen LogP contribution is -2.44. The lowest BCUT2D eigenvalue weighted by molar-refractivity contribution is -0.616. The molecule has 1 aromatic carbocycles. The van der Waals surface area contributed by atoms with Crippen LogP contribution in [0.4, 0.5) is 0 Å². The van der Waals surface area contributed by atoms with Crippen LogP contribution in [0.15, 0.2) is 48.7 Å². The van der Waals surface area contributed by atoms with Gasteiger partial charge in [0.05, 0.1) is 6.67 Å². The Labute approximate surface area is 149 Å². The third-order valence-electron chi connectivity index (χ3n) is 4.88. The molecule has 1 fully saturated rings. The predicted molar refractivity (Wildman–Crippen MR) is 97.1 cm³/mol. The molecule has 0 radical (unpaired) electrons. The summed E-state index contributed by atoms with van der Waals surface area (Å²) < 4.78 is 0.980. The molecule has 0 saturated carbocycles. The fourth-order valence-corrected chi connectivity index (χ4v) is 3.49. The number of aryl methyl sites for hydroxylation is 1. The summed E-state index contributed by atoms with van der Waals surface area (Å²) in [6.45, 7) is 4.40. The van der Waals surface area contributed by atoms with Gasteiger partial charge in [-0.3, -0.25) is 9.69 Å². The fourth-order valence-electron chi connectivity index (χ4n) is 3.49. The second-order valence-corrected chi connectivity index (χ2v) is 6.86. The summed E-state index contributed by atoms with van der Waals surface area (Å²) in [5.41, 5.74) is 2.68. The summed E-state index contributed by atoms with van der Waals surface area (Å²) >= 11 is 0. The second kappa shape index (κ2) is 7.66. The van der Waals surface area contributed by atoms with Crippen LogP contribution in [-0.4, -0.2) is 42.5 Å². The Morgan fingerprint density at radius 1 is 1.24 bits per heavy atom. The third-order valence-corrected chi connectivity index (χ3v) is 4.88. The van der Waals surface area contributed by atoms with Crippen LogP contribution in [0.1, 0.15) is 40.4 Å². The van der Waals surface area contributed by atoms with Crippen molar-refractivity contribution in [2.75, 3.05) is 26.8 Å². The van der Waals surface area contributed by atoms with Crippen molar-refractivity contribution in [3.05, 3.63) is 70.7 Å². The monoisotopic (exact) mass is 339 g/mol. The lowest BCUT2D eigenvalue weighted by atomic mass is 9.93. The highest BCUT2D eigenvalue weighted by Crippen LogP contribution is 2.25. The minimum atomic E-state index is 0.0475. The topological polar surface area (TPSA) is 50.5 Å². The van der Waals surface area contributed by atoms with Gasteiger partial charge in [-0.25, -0.2) is 0 Å². The molecule has 0 aliphatic carbocycles. The molecule has 1 aliphatic heterocycles. The quantitative estimate of drug-likeness (QED) is 0.635. The van der Waals surface area contributed by atoms with Gasteiger partial charge in [-0.1, -0.05) is 23.8 Å². The summed E-state index contributed by atoms with van der Waals surface area (Å²) in [6, 6.07) is 13.3. The molecule has 0 N–H and O–H groups in total. The van der Waals surface area contributed by atoms with E-state index in [2.05, 4.69) is 4.90 Å². The summed E-state index contributed by atoms with van der Waals surface area (Å²) in [5, 5.41) is 11.9. The third kappa shape index (κ3) is 4.17. The van der Waals surface area contributed by atoms with Crippen LogP contribution in [0.3, 0.4) is 0 Å². The zero-order chi connectivity index (χ0) is 17.8. The first-order valence-corrected chi connectivity index (χ1v) is 8.77. The van der Waals surface area contributed by atoms with Gasteiger partial charge < -0.3 is 10.1 Å². The SMILES string of the molecule is Cc1cccc(C(=O)N(C)CN2CCC(c3cccc[n+]3[O-])CC2)c1. The van der Waals surface area contributed by atoms with Gasteiger partial charge in [-0.2, -0.15) is 4.73 Å². The number of nitrogens with zero attached hydrogens (tertiary/aromatic N) is 3. The van der Waals surface area contributed by atoms with Crippen LogP contribution < -0.4 is 4.73 Å². The summed E-state index contributed by atoms with van der Waals surface area (Å²) in [5.74, 6) is 0.346. The van der Waals surface area contributed by atoms with Crippen LogP contribution in [0.25, 0.3) is 0 Å². The number of rotatable bonds is 4. The van der Waals surface area contributed by atoms with E-state index in [0.29, 0.717) is 12.6 Å². The van der Waals surface area contributed by atoms with E-state index in [1.807, 2.05) is 50.4 Å². The summed E-state index contributed by atoms with van der Waals surface area (Å²) in [6.07, 6.45) is 3.45. The number of pyridine rings is 1. The molecule has 5 nitrogen and oxygen atoms in total. The van der Waals surface area contributed by atoms with Crippen molar-refractivity contribution >= 4 is 5.91 Å². The summed E-state index contributed by atoms with van der Waals surface area (Å²) in [7, 11) is 1.85. The van der Waals surface area contributed by atoms with Crippen molar-refractivity contribution in [1.29, 1.82) is 0 Å². The Hall–Kier alpha value is -2.40. The minimum Gasteiger partial charge on any atom is -0.618 e. The molecular formula is C20H25N3O2. The Bertz CT molecular complexity index is 739. The van der Waals surface area contributed by atoms with Gasteiger partial charge in [0, 0.05) is 43.8 Å². The van der Waals surface area contributed by atoms with Crippen LogP contribution in [0.5, 0.6) is 0 Å². The molecule has 1 amide bonds. The molecule has 25 heavy (non-hydrogen) atoms. The highest BCUT2D eigenvalue weighted by molar-refractivity contribution is 5.94. The van der Waals surface area contributed by atoms with Crippen LogP contribution >= 0.6 is 0 Å². The van der Waals surface area contributed by atoms with Gasteiger partial charge in [0.15, 0.2) is 11.9 Å². The molecule has 3 rings (SSSR count). The van der Waals surface area contributed by atoms with E-state index in [-0.39, 0.29) is 5.91 Å². The first-order valence-electron chi connectivity index (χ1n) is 8.77. The molecule has 132 valence electrons. The number of carbonyl (C=O) groups is 1. The van der Waals surface area contributed by atoms with Gasteiger partial charge in [0.2, 0.25) is 0 Å². The van der Waals surface area contributed by atoms with E-state index in [4.69, 9.17) is 0 Å². The molecule has 1 aliphatic rings. The summed E-state index contributed by atoms with van der Waals surface area (Å²) in [4.78, 5) is 16.6. The van der Waals surface area contributed by atoms with E-state index >= 15 is 0 Å². The number of likely N-dealkylation sites (tertiary alicyclic amines) is 1. The van der Waals surface area contributed by atoms with Crippen molar-refractivity contribution in [2.24, 2.45) is 0 Å². The molecule has 0 bridgehead atoms. The molecule has 1 saturated heterocycles. The van der Waals surface area contributed by atoms with E-state index in [1.54, 1.807) is 17.2 Å². The number of piperidine rings is 1. The van der Waals surface area contributed by atoms with Gasteiger partial charge in [-0.15, -0.1) is 0 Å². The largest absolute Gasteiger partial charge is 0.618 e. The maximum atomic E-state index is 12.6. The van der Waals surface area contributed by atoms with Crippen molar-refractivity contribution in [1.82, 2.24) is 9.80 Å². The Morgan fingerprint density at radius 2 is 2.00 bits per heavy atom. The van der Waals surface area contributed by atoms with Crippen molar-refractivity contribution in [3.63, 3.8) is 0 Å². The number of amides is 1. The second-order valence-electron chi connectivity index (χ2n) is 6.86. The molecule has 1 aromatic heterocycles. The van der Waals surface area contributed by atoms with Crippen LogP contribution in [0, 0.1) is 12.1 Å². The fraction of sp³-hybridized carbons (Fsp3) is 0.400. The Balaban J connectivity index is 1.55. The number of benzene rings is 1. The smallest absolute Gasteiger partial charge is 0.254 e. The Kier molecular flexibility index (Phi) is 5.34. The number of aromatic nitrogens is 1. The average molecular weight is 339 g/mol. The van der Waals surface area contributed by atoms with Gasteiger partial charge >= 0.3 is 0 Å². The van der Waals surface area contributed by atoms with Crippen LogP contribution in [-0.2, 0) is 0 Å². The zero-order valence-corrected chi connectivity index (χ0v) is 14.9. The number of hydrogen-bond acceptors (Lipinski definition) is 3. The zero-order valence-electron chi connectivity index (χ0n) is 14.9. The predicted octanol–water partition coefficient (Wildman–Crippen LogP) is 2.54. The van der Waals surface area contributed by atoms with E-state index in [9.17, 15) is 10.0 Å². The van der Waals surface area contributed by atoms with Gasteiger partial charge in [0.25, 0.3) is 5.91 Å². The first-order chi connectivity index (χ1) is 12.0. The minimum absolute atomic E-state index is 0.0475. The first kappa shape index (κ1) is 17.4. The highest BCUT2D eigenvalue weighted by atomic mass is 16.5. The van der Waals surface area contributed by atoms with E-state index in [0.717, 1.165) is 47.5 Å². The maximum absolute atomic E-state index is 12.6. The highest BCUT2D eigenvalue weighted by Gasteiger charge is 2.26. The molecule has 0 unspecified atom stereocenters. The molecule has 2 heterocycles. The van der Waals surface area contributed by atoms with Gasteiger partial charge in [-0.05, 0) is 31.9 Å². The lowest BCUT2D eigenvalue weighted by Gasteiger charge is -2.33. The van der Waals surface area contributed by atoms with Crippen molar-refractivity contribution < 1.29 is 9.52 Å². The standard InChI is InChI=1S/C20H25N3O2/c1-16-6-5-7-18(14-16)20(24)21(2)15-22-12-9-17(10-13-22)19-8-3-4-11-23(19)25/h3-8,11,14,17H,9-10,12-13,15H2,1-2H3. The number of carbonyl (C=O) groups excluding carboxylic acids is 1.